The lowest BCUT2D eigenvalue weighted by Crippen LogP contribution is -2.29. The van der Waals surface area contributed by atoms with Crippen molar-refractivity contribution in [2.75, 3.05) is 0 Å². The molecule has 0 spiro atoms. The molecule has 0 N–H and O–H groups in total. The molecule has 0 bridgehead atoms. The maximum Gasteiger partial charge on any atom is 0.269 e. The molecule has 0 aliphatic carbocycles. The van der Waals surface area contributed by atoms with Gasteiger partial charge in [-0.2, -0.15) is 0 Å². The van der Waals surface area contributed by atoms with Crippen LogP contribution in [-0.4, -0.2) is 10.7 Å². The average molecular weight is 562 g/mol. The van der Waals surface area contributed by atoms with Gasteiger partial charge in [-0.1, -0.05) is 109 Å². The summed E-state index contributed by atoms with van der Waals surface area (Å²) in [6.07, 6.45) is 0.219. The third kappa shape index (κ3) is 6.36. The zero-order valence-corrected chi connectivity index (χ0v) is 23.3. The van der Waals surface area contributed by atoms with Gasteiger partial charge in [0, 0.05) is 39.8 Å². The molecule has 0 fully saturated rings. The molecule has 198 valence electrons. The third-order valence-electron chi connectivity index (χ3n) is 6.65. The van der Waals surface area contributed by atoms with E-state index in [0.29, 0.717) is 5.56 Å². The predicted octanol–water partition coefficient (Wildman–Crippen LogP) is 9.39. The second-order valence-electron chi connectivity index (χ2n) is 9.26. The molecule has 0 saturated carbocycles. The first-order valence-corrected chi connectivity index (χ1v) is 14.5. The molecule has 5 aromatic carbocycles. The topological polar surface area (TPSA) is 60.2 Å². The second-order valence-corrected chi connectivity index (χ2v) is 12.2. The Morgan fingerprint density at radius 2 is 1.10 bits per heavy atom. The van der Waals surface area contributed by atoms with Crippen LogP contribution in [0.15, 0.2) is 155 Å². The van der Waals surface area contributed by atoms with E-state index in [0.717, 1.165) is 20.9 Å². The summed E-state index contributed by atoms with van der Waals surface area (Å²) >= 11 is 3.42. The summed E-state index contributed by atoms with van der Waals surface area (Å²) in [5.41, 5.74) is 2.59. The number of Topliss-reactive ketones (excluding diaryl/α,β-unsaturated/α-hetero) is 1. The zero-order chi connectivity index (χ0) is 27.8. The number of non-ortho nitro benzene ring substituents is 1. The predicted molar refractivity (Wildman–Crippen MR) is 164 cm³/mol. The fourth-order valence-electron chi connectivity index (χ4n) is 4.71. The van der Waals surface area contributed by atoms with E-state index in [4.69, 9.17) is 0 Å². The third-order valence-corrected chi connectivity index (χ3v) is 9.81. The number of nitro groups is 1. The summed E-state index contributed by atoms with van der Waals surface area (Å²) in [5, 5.41) is 11.5. The van der Waals surface area contributed by atoms with Crippen LogP contribution in [-0.2, 0) is 4.08 Å². The number of hydrogen-bond donors (Lipinski definition) is 0. The molecule has 5 aromatic rings. The van der Waals surface area contributed by atoms with Crippen molar-refractivity contribution in [3.8, 4) is 0 Å². The Kier molecular flexibility index (Phi) is 8.79. The lowest BCUT2D eigenvalue weighted by Gasteiger charge is -2.41. The van der Waals surface area contributed by atoms with E-state index < -0.39 is 9.00 Å². The minimum Gasteiger partial charge on any atom is -0.294 e. The Hall–Kier alpha value is -4.13. The van der Waals surface area contributed by atoms with E-state index in [9.17, 15) is 14.9 Å². The highest BCUT2D eigenvalue weighted by Gasteiger charge is 2.45. The van der Waals surface area contributed by atoms with Gasteiger partial charge in [-0.25, -0.2) is 0 Å². The molecule has 0 heterocycles. The van der Waals surface area contributed by atoms with E-state index in [-0.39, 0.29) is 23.8 Å². The second kappa shape index (κ2) is 12.8. The van der Waals surface area contributed by atoms with Crippen LogP contribution in [0.25, 0.3) is 0 Å². The average Bonchev–Trinajstić information content (AvgIpc) is 3.01. The van der Waals surface area contributed by atoms with E-state index >= 15 is 0 Å². The van der Waals surface area contributed by atoms with Gasteiger partial charge in [0.05, 0.1) is 4.92 Å². The van der Waals surface area contributed by atoms with Gasteiger partial charge in [0.2, 0.25) is 0 Å². The van der Waals surface area contributed by atoms with E-state index in [1.165, 1.54) is 12.1 Å². The van der Waals surface area contributed by atoms with Gasteiger partial charge in [0.25, 0.3) is 5.69 Å². The molecular formula is C34H27NO3S2. The van der Waals surface area contributed by atoms with Crippen LogP contribution in [0, 0.1) is 10.1 Å². The Bertz CT molecular complexity index is 1500. The van der Waals surface area contributed by atoms with Crippen molar-refractivity contribution in [1.29, 1.82) is 0 Å². The number of carbonyl (C=O) groups excluding carboxylic acids is 1. The largest absolute Gasteiger partial charge is 0.294 e. The van der Waals surface area contributed by atoms with Crippen LogP contribution in [0.2, 0.25) is 0 Å². The van der Waals surface area contributed by atoms with Crippen LogP contribution < -0.4 is 0 Å². The maximum atomic E-state index is 13.9. The minimum absolute atomic E-state index is 0.0200. The highest BCUT2D eigenvalue weighted by Crippen LogP contribution is 2.61. The quantitative estimate of drug-likeness (QED) is 0.0528. The highest BCUT2D eigenvalue weighted by molar-refractivity contribution is 8.17. The van der Waals surface area contributed by atoms with Gasteiger partial charge in [0.1, 0.15) is 4.08 Å². The Morgan fingerprint density at radius 3 is 1.57 bits per heavy atom. The summed E-state index contributed by atoms with van der Waals surface area (Å²) in [6.45, 7) is 0. The Balaban J connectivity index is 1.73. The number of benzene rings is 5. The van der Waals surface area contributed by atoms with Gasteiger partial charge in [-0.3, -0.25) is 14.9 Å². The smallest absolute Gasteiger partial charge is 0.269 e. The highest BCUT2D eigenvalue weighted by atomic mass is 32.2. The molecule has 0 aliphatic rings. The number of rotatable bonds is 11. The van der Waals surface area contributed by atoms with E-state index in [1.54, 1.807) is 35.7 Å². The van der Waals surface area contributed by atoms with Crippen LogP contribution in [0.3, 0.4) is 0 Å². The number of hydrogen-bond acceptors (Lipinski definition) is 5. The van der Waals surface area contributed by atoms with Gasteiger partial charge in [-0.15, -0.1) is 23.5 Å². The minimum atomic E-state index is -0.690. The molecule has 0 saturated heterocycles. The Labute approximate surface area is 242 Å². The van der Waals surface area contributed by atoms with Crippen LogP contribution >= 0.6 is 23.5 Å². The van der Waals surface area contributed by atoms with Crippen LogP contribution in [0.1, 0.15) is 33.8 Å². The van der Waals surface area contributed by atoms with Gasteiger partial charge >= 0.3 is 0 Å². The molecule has 1 atom stereocenters. The van der Waals surface area contributed by atoms with Crippen molar-refractivity contribution >= 4 is 35.0 Å². The molecule has 0 aliphatic heterocycles. The lowest BCUT2D eigenvalue weighted by atomic mass is 9.85. The van der Waals surface area contributed by atoms with Gasteiger partial charge < -0.3 is 0 Å². The summed E-state index contributed by atoms with van der Waals surface area (Å²) in [6, 6.07) is 46.6. The van der Waals surface area contributed by atoms with Crippen LogP contribution in [0.4, 0.5) is 5.69 Å². The molecule has 5 rings (SSSR count). The number of nitrogens with zero attached hydrogens (tertiary/aromatic N) is 1. The fourth-order valence-corrected chi connectivity index (χ4v) is 7.97. The van der Waals surface area contributed by atoms with Crippen molar-refractivity contribution in [2.45, 2.75) is 26.2 Å². The zero-order valence-electron chi connectivity index (χ0n) is 21.6. The standard InChI is InChI=1S/C34H27NO3S2/c36-33(27-13-5-1-6-14-27)25-32(26-21-23-29(24-22-26)35(37)38)34(28-15-7-2-8-16-28,39-30-17-9-3-10-18-30)40-31-19-11-4-12-20-31/h1-24,32H,25H2. The van der Waals surface area contributed by atoms with Crippen molar-refractivity contribution in [3.63, 3.8) is 0 Å². The summed E-state index contributed by atoms with van der Waals surface area (Å²) in [4.78, 5) is 27.1. The molecule has 40 heavy (non-hydrogen) atoms. The van der Waals surface area contributed by atoms with Crippen molar-refractivity contribution in [2.24, 2.45) is 0 Å². The first-order chi connectivity index (χ1) is 19.5. The van der Waals surface area contributed by atoms with Crippen molar-refractivity contribution in [3.05, 3.63) is 172 Å². The molecule has 0 amide bonds. The monoisotopic (exact) mass is 561 g/mol. The summed E-state index contributed by atoms with van der Waals surface area (Å²) in [7, 11) is 0. The normalized spacial score (nSPS) is 12.0. The molecule has 0 radical (unpaired) electrons. The van der Waals surface area contributed by atoms with Crippen molar-refractivity contribution in [1.82, 2.24) is 0 Å². The first-order valence-electron chi connectivity index (χ1n) is 12.9. The summed E-state index contributed by atoms with van der Waals surface area (Å²) < 4.78 is -0.690. The molecule has 0 aromatic heterocycles. The van der Waals surface area contributed by atoms with Gasteiger partial charge in [0.15, 0.2) is 5.78 Å². The molecular weight excluding hydrogens is 535 g/mol. The van der Waals surface area contributed by atoms with E-state index in [1.807, 2.05) is 84.9 Å². The fraction of sp³-hybridized carbons (Fsp3) is 0.0882. The number of thioether (sulfide) groups is 2. The summed E-state index contributed by atoms with van der Waals surface area (Å²) in [5.74, 6) is -0.314. The molecule has 4 nitrogen and oxygen atoms in total. The maximum absolute atomic E-state index is 13.9. The van der Waals surface area contributed by atoms with Gasteiger partial charge in [-0.05, 0) is 35.4 Å². The Morgan fingerprint density at radius 1 is 0.650 bits per heavy atom. The van der Waals surface area contributed by atoms with Crippen LogP contribution in [0.5, 0.6) is 0 Å². The van der Waals surface area contributed by atoms with Crippen molar-refractivity contribution < 1.29 is 9.72 Å². The number of nitro benzene ring substituents is 1. The number of ketones is 1. The van der Waals surface area contributed by atoms with E-state index in [2.05, 4.69) is 36.4 Å². The SMILES string of the molecule is O=C(CC(c1ccc([N+](=O)[O-])cc1)C(Sc1ccccc1)(Sc1ccccc1)c1ccccc1)c1ccccc1. The molecule has 6 heteroatoms. The first kappa shape index (κ1) is 27.4. The number of carbonyl (C=O) groups is 1. The lowest BCUT2D eigenvalue weighted by molar-refractivity contribution is -0.384. The molecule has 1 unspecified atom stereocenters.